The third-order valence-corrected chi connectivity index (χ3v) is 3.06. The van der Waals surface area contributed by atoms with E-state index in [-0.39, 0.29) is 11.3 Å². The number of hydrogen-bond donors (Lipinski definition) is 3. The predicted molar refractivity (Wildman–Crippen MR) is 65.2 cm³/mol. The van der Waals surface area contributed by atoms with Gasteiger partial charge >= 0.3 is 0 Å². The Morgan fingerprint density at radius 3 is 2.80 bits per heavy atom. The Morgan fingerprint density at radius 2 is 2.25 bits per heavy atom. The topological polar surface area (TPSA) is 82.6 Å². The number of H-pyrrole nitrogens is 1. The van der Waals surface area contributed by atoms with Crippen molar-refractivity contribution in [1.82, 2.24) is 4.98 Å². The minimum absolute atomic E-state index is 0.101. The van der Waals surface area contributed by atoms with Crippen molar-refractivity contribution in [3.05, 3.63) is 33.5 Å². The maximum absolute atomic E-state index is 14.0. The molecule has 0 saturated carbocycles. The second kappa shape index (κ2) is 5.71. The molecule has 3 N–H and O–H groups in total. The number of nitrogens with one attached hydrogen (secondary N) is 1. The van der Waals surface area contributed by atoms with Gasteiger partial charge in [-0.25, -0.2) is 8.78 Å². The first-order valence-electron chi connectivity index (χ1n) is 5.93. The smallest absolute Gasteiger partial charge is 0.251 e. The molecule has 1 aliphatic heterocycles. The lowest BCUT2D eigenvalue weighted by Gasteiger charge is -2.15. The zero-order valence-corrected chi connectivity index (χ0v) is 10.6. The lowest BCUT2D eigenvalue weighted by atomic mass is 10.0. The fraction of sp³-hybridized carbons (Fsp3) is 0.462. The quantitative estimate of drug-likeness (QED) is 0.669. The molecular weight excluding hydrogens is 272 g/mol. The molecule has 1 unspecified atom stereocenters. The van der Waals surface area contributed by atoms with Crippen molar-refractivity contribution in [2.45, 2.75) is 31.4 Å². The van der Waals surface area contributed by atoms with E-state index in [0.717, 1.165) is 0 Å². The number of aromatic amines is 1. The van der Waals surface area contributed by atoms with Crippen LogP contribution in [0.5, 0.6) is 0 Å². The maximum Gasteiger partial charge on any atom is 0.251 e. The molecule has 0 amide bonds. The molecule has 0 aromatic carbocycles. The van der Waals surface area contributed by atoms with Crippen LogP contribution in [0.1, 0.15) is 24.3 Å². The maximum atomic E-state index is 14.0. The molecule has 2 rings (SSSR count). The first-order valence-corrected chi connectivity index (χ1v) is 5.93. The molecule has 1 aromatic heterocycles. The number of pyridine rings is 1. The highest BCUT2D eigenvalue weighted by Crippen LogP contribution is 2.37. The van der Waals surface area contributed by atoms with Crippen LogP contribution in [-0.4, -0.2) is 40.2 Å². The molecule has 0 radical (unpaired) electrons. The van der Waals surface area contributed by atoms with Gasteiger partial charge in [0.15, 0.2) is 6.17 Å². The number of alkyl halides is 1. The first kappa shape index (κ1) is 14.7. The number of hydrogen-bond acceptors (Lipinski definition) is 4. The van der Waals surface area contributed by atoms with Crippen LogP contribution in [0.15, 0.2) is 10.9 Å². The molecule has 1 aromatic rings. The summed E-state index contributed by atoms with van der Waals surface area (Å²) in [6.45, 7) is 0.874. The van der Waals surface area contributed by atoms with E-state index < -0.39 is 42.5 Å². The number of aliphatic hydroxyl groups is 2. The molecule has 4 atom stereocenters. The Balaban J connectivity index is 2.52. The summed E-state index contributed by atoms with van der Waals surface area (Å²) in [5, 5.41) is 18.5. The van der Waals surface area contributed by atoms with Crippen LogP contribution >= 0.6 is 0 Å². The van der Waals surface area contributed by atoms with Gasteiger partial charge in [0.05, 0.1) is 12.2 Å². The van der Waals surface area contributed by atoms with Crippen LogP contribution in [0.25, 0.3) is 0 Å². The van der Waals surface area contributed by atoms with E-state index >= 15 is 0 Å². The molecule has 0 bridgehead atoms. The van der Waals surface area contributed by atoms with Crippen LogP contribution in [0.2, 0.25) is 0 Å². The van der Waals surface area contributed by atoms with Crippen LogP contribution < -0.4 is 5.56 Å². The minimum Gasteiger partial charge on any atom is -0.394 e. The van der Waals surface area contributed by atoms with E-state index in [9.17, 15) is 18.7 Å². The summed E-state index contributed by atoms with van der Waals surface area (Å²) in [7, 11) is 0. The second-order valence-electron chi connectivity index (χ2n) is 4.36. The zero-order valence-electron chi connectivity index (χ0n) is 10.6. The van der Waals surface area contributed by atoms with Crippen LogP contribution in [-0.2, 0) is 4.74 Å². The van der Waals surface area contributed by atoms with E-state index in [4.69, 9.17) is 9.84 Å². The highest BCUT2D eigenvalue weighted by atomic mass is 19.1. The van der Waals surface area contributed by atoms with E-state index in [0.29, 0.717) is 6.07 Å². The highest BCUT2D eigenvalue weighted by Gasteiger charge is 2.46. The van der Waals surface area contributed by atoms with Gasteiger partial charge in [-0.05, 0) is 12.8 Å². The van der Waals surface area contributed by atoms with Gasteiger partial charge in [-0.2, -0.15) is 0 Å². The van der Waals surface area contributed by atoms with Gasteiger partial charge in [0.2, 0.25) is 0 Å². The van der Waals surface area contributed by atoms with E-state index in [1.54, 1.807) is 0 Å². The molecule has 20 heavy (non-hydrogen) atoms. The molecular formula is C13H13F2NO4. The third-order valence-electron chi connectivity index (χ3n) is 3.06. The molecule has 0 aliphatic carbocycles. The number of aliphatic hydroxyl groups excluding tert-OH is 2. The third kappa shape index (κ3) is 2.45. The molecule has 0 spiro atoms. The van der Waals surface area contributed by atoms with Crippen molar-refractivity contribution in [3.8, 4) is 11.8 Å². The van der Waals surface area contributed by atoms with Gasteiger partial charge in [0.25, 0.3) is 5.56 Å². The summed E-state index contributed by atoms with van der Waals surface area (Å²) in [4.78, 5) is 13.5. The monoisotopic (exact) mass is 285 g/mol. The summed E-state index contributed by atoms with van der Waals surface area (Å²) in [5.74, 6) is 3.98. The Hall–Kier alpha value is -1.75. The summed E-state index contributed by atoms with van der Waals surface area (Å²) in [6.07, 6.45) is -6.08. The normalized spacial score (nSPS) is 29.1. The second-order valence-corrected chi connectivity index (χ2v) is 4.36. The van der Waals surface area contributed by atoms with Gasteiger partial charge < -0.3 is 19.9 Å². The predicted octanol–water partition coefficient (Wildman–Crippen LogP) is 0.0166. The zero-order chi connectivity index (χ0) is 14.9. The van der Waals surface area contributed by atoms with E-state index in [1.165, 1.54) is 6.92 Å². The minimum atomic E-state index is -1.93. The number of halogens is 2. The largest absolute Gasteiger partial charge is 0.394 e. The van der Waals surface area contributed by atoms with Gasteiger partial charge in [-0.3, -0.25) is 4.79 Å². The summed E-state index contributed by atoms with van der Waals surface area (Å²) in [5.41, 5.74) is -1.07. The average Bonchev–Trinajstić information content (AvgIpc) is 2.66. The van der Waals surface area contributed by atoms with Crippen molar-refractivity contribution in [2.75, 3.05) is 6.61 Å². The molecule has 5 nitrogen and oxygen atoms in total. The summed E-state index contributed by atoms with van der Waals surface area (Å²) >= 11 is 0. The fourth-order valence-electron chi connectivity index (χ4n) is 2.15. The number of ether oxygens (including phenoxy) is 1. The molecule has 2 heterocycles. The lowest BCUT2D eigenvalue weighted by Crippen LogP contribution is -2.30. The fourth-order valence-corrected chi connectivity index (χ4v) is 2.15. The number of aromatic nitrogens is 1. The van der Waals surface area contributed by atoms with Crippen molar-refractivity contribution >= 4 is 0 Å². The van der Waals surface area contributed by atoms with E-state index in [2.05, 4.69) is 16.8 Å². The van der Waals surface area contributed by atoms with Crippen LogP contribution in [0, 0.1) is 17.7 Å². The van der Waals surface area contributed by atoms with Gasteiger partial charge in [0.1, 0.15) is 29.8 Å². The Labute approximate surface area is 113 Å². The highest BCUT2D eigenvalue weighted by molar-refractivity contribution is 5.38. The SMILES string of the molecule is CC#Cc1[nH]c(=O)cc(F)c1[C@@H]1O[C@H](CO)C(O)[C@@H]1F. The van der Waals surface area contributed by atoms with Crippen molar-refractivity contribution < 1.29 is 23.7 Å². The van der Waals surface area contributed by atoms with Crippen molar-refractivity contribution in [2.24, 2.45) is 0 Å². The molecule has 1 saturated heterocycles. The molecule has 108 valence electrons. The standard InChI is InChI=1S/C13H13F2NO4/c1-2-3-7-10(6(14)4-9(18)16-7)13-11(15)12(19)8(5-17)20-13/h4,8,11-13,17,19H,5H2,1H3,(H,16,18)/t8-,11+,12?,13+/m1/s1. The summed E-state index contributed by atoms with van der Waals surface area (Å²) in [6, 6.07) is 0.658. The van der Waals surface area contributed by atoms with Crippen molar-refractivity contribution in [1.29, 1.82) is 0 Å². The molecule has 1 aliphatic rings. The Morgan fingerprint density at radius 1 is 1.55 bits per heavy atom. The summed E-state index contributed by atoms with van der Waals surface area (Å²) < 4.78 is 33.1. The van der Waals surface area contributed by atoms with Gasteiger partial charge in [-0.1, -0.05) is 5.92 Å². The van der Waals surface area contributed by atoms with Gasteiger partial charge in [-0.15, -0.1) is 0 Å². The molecule has 1 fully saturated rings. The van der Waals surface area contributed by atoms with Crippen LogP contribution in [0.3, 0.4) is 0 Å². The van der Waals surface area contributed by atoms with E-state index in [1.807, 2.05) is 0 Å². The lowest BCUT2D eigenvalue weighted by molar-refractivity contribution is -0.0236. The molecule has 7 heteroatoms. The van der Waals surface area contributed by atoms with Gasteiger partial charge in [0, 0.05) is 6.07 Å². The first-order chi connectivity index (χ1) is 9.49. The Bertz CT molecular complexity index is 619. The Kier molecular flexibility index (Phi) is 4.18. The number of rotatable bonds is 2. The van der Waals surface area contributed by atoms with Crippen molar-refractivity contribution in [3.63, 3.8) is 0 Å². The van der Waals surface area contributed by atoms with Crippen LogP contribution in [0.4, 0.5) is 8.78 Å². The average molecular weight is 285 g/mol.